The fourth-order valence-electron chi connectivity index (χ4n) is 1.42. The van der Waals surface area contributed by atoms with Crippen LogP contribution in [-0.2, 0) is 9.53 Å². The minimum atomic E-state index is -0.891. The van der Waals surface area contributed by atoms with Crippen molar-refractivity contribution in [3.63, 3.8) is 0 Å². The van der Waals surface area contributed by atoms with Crippen molar-refractivity contribution in [2.45, 2.75) is 19.4 Å². The van der Waals surface area contributed by atoms with Gasteiger partial charge in [0, 0.05) is 6.07 Å². The summed E-state index contributed by atoms with van der Waals surface area (Å²) in [6, 6.07) is 1.52. The maximum atomic E-state index is 11.7. The van der Waals surface area contributed by atoms with Crippen LogP contribution in [0.4, 0.5) is 0 Å². The number of ether oxygens (including phenoxy) is 1. The highest BCUT2D eigenvalue weighted by Crippen LogP contribution is 2.19. The third-order valence-electron chi connectivity index (χ3n) is 2.58. The van der Waals surface area contributed by atoms with Gasteiger partial charge in [0.15, 0.2) is 5.78 Å². The van der Waals surface area contributed by atoms with Gasteiger partial charge in [0.05, 0.1) is 18.9 Å². The Morgan fingerprint density at radius 1 is 1.50 bits per heavy atom. The van der Waals surface area contributed by atoms with Gasteiger partial charge in [0.25, 0.3) is 5.91 Å². The SMILES string of the molecule is CC(=O)C1(NC(=O)c2cc(C)no2)COC1. The molecule has 2 heterocycles. The molecule has 1 aliphatic rings. The van der Waals surface area contributed by atoms with E-state index in [0.29, 0.717) is 5.69 Å². The zero-order valence-electron chi connectivity index (χ0n) is 9.07. The van der Waals surface area contributed by atoms with Crippen molar-refractivity contribution >= 4 is 11.7 Å². The zero-order chi connectivity index (χ0) is 11.8. The molecule has 0 aliphatic carbocycles. The molecule has 0 bridgehead atoms. The third kappa shape index (κ3) is 1.71. The highest BCUT2D eigenvalue weighted by atomic mass is 16.5. The van der Waals surface area contributed by atoms with Gasteiger partial charge in [-0.25, -0.2) is 0 Å². The number of hydrogen-bond donors (Lipinski definition) is 1. The second-order valence-electron chi connectivity index (χ2n) is 3.92. The number of aromatic nitrogens is 1. The molecule has 16 heavy (non-hydrogen) atoms. The summed E-state index contributed by atoms with van der Waals surface area (Å²) in [5, 5.41) is 6.22. The van der Waals surface area contributed by atoms with Crippen LogP contribution in [0, 0.1) is 6.92 Å². The van der Waals surface area contributed by atoms with Crippen LogP contribution in [0.25, 0.3) is 0 Å². The Bertz CT molecular complexity index is 434. The van der Waals surface area contributed by atoms with Gasteiger partial charge in [0.2, 0.25) is 5.76 Å². The van der Waals surface area contributed by atoms with Crippen molar-refractivity contribution in [1.82, 2.24) is 10.5 Å². The van der Waals surface area contributed by atoms with E-state index in [9.17, 15) is 9.59 Å². The lowest BCUT2D eigenvalue weighted by atomic mass is 9.92. The van der Waals surface area contributed by atoms with E-state index < -0.39 is 11.4 Å². The predicted molar refractivity (Wildman–Crippen MR) is 52.9 cm³/mol. The monoisotopic (exact) mass is 224 g/mol. The first-order valence-corrected chi connectivity index (χ1v) is 4.88. The van der Waals surface area contributed by atoms with Crippen molar-refractivity contribution in [2.24, 2.45) is 0 Å². The first kappa shape index (κ1) is 10.8. The first-order valence-electron chi connectivity index (χ1n) is 4.88. The van der Waals surface area contributed by atoms with Crippen LogP contribution in [0.3, 0.4) is 0 Å². The molecule has 1 aromatic heterocycles. The van der Waals surface area contributed by atoms with Crippen LogP contribution in [-0.4, -0.2) is 35.6 Å². The lowest BCUT2D eigenvalue weighted by molar-refractivity contribution is -0.142. The summed E-state index contributed by atoms with van der Waals surface area (Å²) in [5.41, 5.74) is -0.274. The molecule has 0 aromatic carbocycles. The molecule has 1 fully saturated rings. The third-order valence-corrected chi connectivity index (χ3v) is 2.58. The van der Waals surface area contributed by atoms with E-state index in [-0.39, 0.29) is 24.8 Å². The maximum absolute atomic E-state index is 11.7. The second-order valence-corrected chi connectivity index (χ2v) is 3.92. The van der Waals surface area contributed by atoms with E-state index in [1.165, 1.54) is 13.0 Å². The van der Waals surface area contributed by atoms with Crippen molar-refractivity contribution in [1.29, 1.82) is 0 Å². The van der Waals surface area contributed by atoms with Gasteiger partial charge in [-0.3, -0.25) is 9.59 Å². The second kappa shape index (κ2) is 3.71. The summed E-state index contributed by atoms with van der Waals surface area (Å²) >= 11 is 0. The van der Waals surface area contributed by atoms with Crippen LogP contribution >= 0.6 is 0 Å². The number of carbonyl (C=O) groups excluding carboxylic acids is 2. The molecular formula is C10H12N2O4. The van der Waals surface area contributed by atoms with E-state index in [1.807, 2.05) is 0 Å². The van der Waals surface area contributed by atoms with Crippen molar-refractivity contribution < 1.29 is 18.8 Å². The number of nitrogens with one attached hydrogen (secondary N) is 1. The zero-order valence-corrected chi connectivity index (χ0v) is 9.07. The highest BCUT2D eigenvalue weighted by Gasteiger charge is 2.45. The largest absolute Gasteiger partial charge is 0.375 e. The van der Waals surface area contributed by atoms with Gasteiger partial charge >= 0.3 is 0 Å². The lowest BCUT2D eigenvalue weighted by Gasteiger charge is -2.39. The van der Waals surface area contributed by atoms with Gasteiger partial charge in [-0.2, -0.15) is 0 Å². The van der Waals surface area contributed by atoms with Crippen molar-refractivity contribution in [3.05, 3.63) is 17.5 Å². The number of aryl methyl sites for hydroxylation is 1. The number of amides is 1. The number of ketones is 1. The minimum Gasteiger partial charge on any atom is -0.375 e. The summed E-state index contributed by atoms with van der Waals surface area (Å²) in [6.07, 6.45) is 0. The Hall–Kier alpha value is -1.69. The Morgan fingerprint density at radius 2 is 2.19 bits per heavy atom. The molecule has 0 saturated carbocycles. The van der Waals surface area contributed by atoms with Crippen LogP contribution in [0.15, 0.2) is 10.6 Å². The van der Waals surface area contributed by atoms with E-state index in [1.54, 1.807) is 6.92 Å². The summed E-state index contributed by atoms with van der Waals surface area (Å²) < 4.78 is 9.77. The van der Waals surface area contributed by atoms with E-state index in [0.717, 1.165) is 0 Å². The standard InChI is InChI=1S/C10H12N2O4/c1-6-3-8(16-12-6)9(14)11-10(7(2)13)4-15-5-10/h3H,4-5H2,1-2H3,(H,11,14). The van der Waals surface area contributed by atoms with Gasteiger partial charge in [0.1, 0.15) is 5.54 Å². The molecule has 2 rings (SSSR count). The number of rotatable bonds is 3. The fraction of sp³-hybridized carbons (Fsp3) is 0.500. The Morgan fingerprint density at radius 3 is 2.56 bits per heavy atom. The van der Waals surface area contributed by atoms with Gasteiger partial charge in [-0.1, -0.05) is 5.16 Å². The highest BCUT2D eigenvalue weighted by molar-refractivity contribution is 5.98. The summed E-state index contributed by atoms with van der Waals surface area (Å²) in [5.74, 6) is -0.465. The summed E-state index contributed by atoms with van der Waals surface area (Å²) in [4.78, 5) is 23.1. The first-order chi connectivity index (χ1) is 7.53. The quantitative estimate of drug-likeness (QED) is 0.785. The summed E-state index contributed by atoms with van der Waals surface area (Å²) in [7, 11) is 0. The average Bonchev–Trinajstić information content (AvgIpc) is 2.57. The van der Waals surface area contributed by atoms with Crippen molar-refractivity contribution in [2.75, 3.05) is 13.2 Å². The molecule has 0 spiro atoms. The van der Waals surface area contributed by atoms with Gasteiger partial charge < -0.3 is 14.6 Å². The molecule has 0 atom stereocenters. The number of Topliss-reactive ketones (excluding diaryl/α,β-unsaturated/α-hetero) is 1. The Balaban J connectivity index is 2.10. The predicted octanol–water partition coefficient (Wildman–Crippen LogP) is 0.0708. The fourth-order valence-corrected chi connectivity index (χ4v) is 1.42. The maximum Gasteiger partial charge on any atom is 0.290 e. The van der Waals surface area contributed by atoms with Crippen LogP contribution < -0.4 is 5.32 Å². The number of hydrogen-bond acceptors (Lipinski definition) is 5. The molecule has 1 aromatic rings. The van der Waals surface area contributed by atoms with E-state index >= 15 is 0 Å². The molecule has 1 N–H and O–H groups in total. The molecule has 6 heteroatoms. The molecule has 1 saturated heterocycles. The van der Waals surface area contributed by atoms with E-state index in [4.69, 9.17) is 9.26 Å². The normalized spacial score (nSPS) is 17.6. The van der Waals surface area contributed by atoms with Crippen LogP contribution in [0.1, 0.15) is 23.2 Å². The number of nitrogens with zero attached hydrogens (tertiary/aromatic N) is 1. The molecule has 0 unspecified atom stereocenters. The number of carbonyl (C=O) groups is 2. The molecule has 6 nitrogen and oxygen atoms in total. The molecule has 0 radical (unpaired) electrons. The molecule has 86 valence electrons. The van der Waals surface area contributed by atoms with Crippen LogP contribution in [0.2, 0.25) is 0 Å². The molecule has 1 amide bonds. The molecule has 1 aliphatic heterocycles. The lowest BCUT2D eigenvalue weighted by Crippen LogP contribution is -2.66. The smallest absolute Gasteiger partial charge is 0.290 e. The minimum absolute atomic E-state index is 0.102. The van der Waals surface area contributed by atoms with Gasteiger partial charge in [-0.05, 0) is 13.8 Å². The van der Waals surface area contributed by atoms with Crippen molar-refractivity contribution in [3.8, 4) is 0 Å². The topological polar surface area (TPSA) is 81.4 Å². The average molecular weight is 224 g/mol. The Labute approximate surface area is 91.9 Å². The Kier molecular flexibility index (Phi) is 2.51. The van der Waals surface area contributed by atoms with E-state index in [2.05, 4.69) is 10.5 Å². The molecular weight excluding hydrogens is 212 g/mol. The van der Waals surface area contributed by atoms with Crippen LogP contribution in [0.5, 0.6) is 0 Å². The van der Waals surface area contributed by atoms with Gasteiger partial charge in [-0.15, -0.1) is 0 Å². The summed E-state index contributed by atoms with van der Waals surface area (Å²) in [6.45, 7) is 3.56.